The van der Waals surface area contributed by atoms with Gasteiger partial charge >= 0.3 is 0 Å². The van der Waals surface area contributed by atoms with Crippen LogP contribution in [0, 0.1) is 11.7 Å². The molecule has 3 rings (SSSR count). The topological polar surface area (TPSA) is 15.3 Å². The number of nitrogens with one attached hydrogen (secondary N) is 1. The molecule has 1 N–H and O–H groups in total. The molecule has 0 aromatic heterocycles. The highest BCUT2D eigenvalue weighted by atomic mass is 19.1. The van der Waals surface area contributed by atoms with Gasteiger partial charge in [0.2, 0.25) is 0 Å². The molecule has 1 heterocycles. The van der Waals surface area contributed by atoms with Crippen LogP contribution in [0.2, 0.25) is 0 Å². The van der Waals surface area contributed by atoms with Gasteiger partial charge in [-0.25, -0.2) is 4.39 Å². The molecule has 1 aliphatic heterocycles. The van der Waals surface area contributed by atoms with Crippen LogP contribution in [0.1, 0.15) is 38.7 Å². The molecule has 1 aliphatic carbocycles. The van der Waals surface area contributed by atoms with Crippen molar-refractivity contribution in [1.29, 1.82) is 0 Å². The minimum absolute atomic E-state index is 0.131. The van der Waals surface area contributed by atoms with Crippen LogP contribution in [-0.4, -0.2) is 29.6 Å². The minimum atomic E-state index is -0.131. The van der Waals surface area contributed by atoms with E-state index in [2.05, 4.69) is 24.1 Å². The zero-order chi connectivity index (χ0) is 14.2. The number of benzene rings is 1. The van der Waals surface area contributed by atoms with Crippen molar-refractivity contribution in [2.75, 3.05) is 13.1 Å². The van der Waals surface area contributed by atoms with Crippen molar-refractivity contribution in [3.63, 3.8) is 0 Å². The summed E-state index contributed by atoms with van der Waals surface area (Å²) >= 11 is 0. The van der Waals surface area contributed by atoms with Gasteiger partial charge in [0, 0.05) is 24.7 Å². The highest BCUT2D eigenvalue weighted by Crippen LogP contribution is 2.41. The molecule has 3 heteroatoms. The SMILES string of the molecule is CC1CCNC(C)(C2CC2)CN1Cc1cccc(F)c1. The Morgan fingerprint density at radius 3 is 2.85 bits per heavy atom. The number of nitrogens with zero attached hydrogens (tertiary/aromatic N) is 1. The lowest BCUT2D eigenvalue weighted by atomic mass is 9.95. The van der Waals surface area contributed by atoms with Crippen LogP contribution < -0.4 is 5.32 Å². The Kier molecular flexibility index (Phi) is 3.83. The lowest BCUT2D eigenvalue weighted by molar-refractivity contribution is 0.154. The van der Waals surface area contributed by atoms with E-state index in [4.69, 9.17) is 0 Å². The van der Waals surface area contributed by atoms with Crippen molar-refractivity contribution in [3.05, 3.63) is 35.6 Å². The van der Waals surface area contributed by atoms with Crippen LogP contribution in [0.15, 0.2) is 24.3 Å². The first kappa shape index (κ1) is 14.0. The van der Waals surface area contributed by atoms with Gasteiger partial charge in [0.15, 0.2) is 0 Å². The molecular formula is C17H25FN2. The predicted molar refractivity (Wildman–Crippen MR) is 80.0 cm³/mol. The van der Waals surface area contributed by atoms with E-state index in [9.17, 15) is 4.39 Å². The van der Waals surface area contributed by atoms with Gasteiger partial charge in [-0.2, -0.15) is 0 Å². The number of halogens is 1. The Labute approximate surface area is 121 Å². The fraction of sp³-hybridized carbons (Fsp3) is 0.647. The lowest BCUT2D eigenvalue weighted by Crippen LogP contribution is -2.51. The van der Waals surface area contributed by atoms with Gasteiger partial charge < -0.3 is 5.32 Å². The maximum atomic E-state index is 13.4. The van der Waals surface area contributed by atoms with Crippen molar-refractivity contribution in [2.24, 2.45) is 5.92 Å². The molecule has 110 valence electrons. The first-order valence-electron chi connectivity index (χ1n) is 7.80. The zero-order valence-electron chi connectivity index (χ0n) is 12.5. The smallest absolute Gasteiger partial charge is 0.123 e. The molecule has 1 aromatic carbocycles. The quantitative estimate of drug-likeness (QED) is 0.912. The lowest BCUT2D eigenvalue weighted by Gasteiger charge is -2.36. The standard InChI is InChI=1S/C17H25FN2/c1-13-8-9-19-17(2,15-6-7-15)12-20(13)11-14-4-3-5-16(18)10-14/h3-5,10,13,15,19H,6-9,11-12H2,1-2H3. The van der Waals surface area contributed by atoms with Crippen LogP contribution in [0.3, 0.4) is 0 Å². The highest BCUT2D eigenvalue weighted by molar-refractivity contribution is 5.16. The zero-order valence-corrected chi connectivity index (χ0v) is 12.5. The molecule has 2 atom stereocenters. The molecule has 0 radical (unpaired) electrons. The van der Waals surface area contributed by atoms with Crippen LogP contribution in [0.4, 0.5) is 4.39 Å². The van der Waals surface area contributed by atoms with E-state index in [1.165, 1.54) is 18.9 Å². The van der Waals surface area contributed by atoms with E-state index in [0.717, 1.165) is 37.5 Å². The second-order valence-electron chi connectivity index (χ2n) is 6.79. The third-order valence-electron chi connectivity index (χ3n) is 5.00. The summed E-state index contributed by atoms with van der Waals surface area (Å²) < 4.78 is 13.4. The predicted octanol–water partition coefficient (Wildman–Crippen LogP) is 3.18. The van der Waals surface area contributed by atoms with Gasteiger partial charge in [0.1, 0.15) is 5.82 Å². The Morgan fingerprint density at radius 2 is 2.15 bits per heavy atom. The third kappa shape index (κ3) is 3.04. The molecule has 1 aromatic rings. The van der Waals surface area contributed by atoms with E-state index in [1.807, 2.05) is 12.1 Å². The van der Waals surface area contributed by atoms with Crippen molar-refractivity contribution in [3.8, 4) is 0 Å². The van der Waals surface area contributed by atoms with E-state index in [0.29, 0.717) is 6.04 Å². The van der Waals surface area contributed by atoms with Crippen molar-refractivity contribution in [2.45, 2.75) is 51.2 Å². The minimum Gasteiger partial charge on any atom is -0.310 e. The molecule has 0 spiro atoms. The Morgan fingerprint density at radius 1 is 1.35 bits per heavy atom. The Balaban J connectivity index is 1.75. The first-order valence-corrected chi connectivity index (χ1v) is 7.80. The van der Waals surface area contributed by atoms with Crippen molar-refractivity contribution < 1.29 is 4.39 Å². The van der Waals surface area contributed by atoms with E-state index >= 15 is 0 Å². The number of hydrogen-bond acceptors (Lipinski definition) is 2. The average Bonchev–Trinajstić information content (AvgIpc) is 3.21. The molecule has 0 amide bonds. The molecule has 20 heavy (non-hydrogen) atoms. The van der Waals surface area contributed by atoms with E-state index in [-0.39, 0.29) is 11.4 Å². The maximum absolute atomic E-state index is 13.4. The summed E-state index contributed by atoms with van der Waals surface area (Å²) in [6.07, 6.45) is 3.87. The third-order valence-corrected chi connectivity index (χ3v) is 5.00. The van der Waals surface area contributed by atoms with Gasteiger partial charge in [0.25, 0.3) is 0 Å². The normalized spacial score (nSPS) is 32.0. The second-order valence-corrected chi connectivity index (χ2v) is 6.79. The van der Waals surface area contributed by atoms with Gasteiger partial charge in [-0.05, 0) is 63.3 Å². The van der Waals surface area contributed by atoms with Gasteiger partial charge in [-0.15, -0.1) is 0 Å². The molecule has 0 bridgehead atoms. The Bertz CT molecular complexity index is 472. The van der Waals surface area contributed by atoms with E-state index < -0.39 is 0 Å². The summed E-state index contributed by atoms with van der Waals surface area (Å²) in [6, 6.07) is 7.57. The summed E-state index contributed by atoms with van der Waals surface area (Å²) in [4.78, 5) is 2.52. The molecule has 1 saturated carbocycles. The van der Waals surface area contributed by atoms with Crippen LogP contribution >= 0.6 is 0 Å². The second kappa shape index (κ2) is 5.45. The maximum Gasteiger partial charge on any atom is 0.123 e. The summed E-state index contributed by atoms with van der Waals surface area (Å²) in [5.41, 5.74) is 1.31. The largest absolute Gasteiger partial charge is 0.310 e. The highest BCUT2D eigenvalue weighted by Gasteiger charge is 2.43. The average molecular weight is 276 g/mol. The monoisotopic (exact) mass is 276 g/mol. The number of rotatable bonds is 3. The molecule has 1 saturated heterocycles. The van der Waals surface area contributed by atoms with Gasteiger partial charge in [0.05, 0.1) is 0 Å². The molecule has 2 nitrogen and oxygen atoms in total. The first-order chi connectivity index (χ1) is 9.57. The van der Waals surface area contributed by atoms with Crippen molar-refractivity contribution >= 4 is 0 Å². The molecule has 2 aliphatic rings. The molecular weight excluding hydrogens is 251 g/mol. The molecule has 2 unspecified atom stereocenters. The summed E-state index contributed by atoms with van der Waals surface area (Å²) in [7, 11) is 0. The van der Waals surface area contributed by atoms with Crippen LogP contribution in [0.25, 0.3) is 0 Å². The summed E-state index contributed by atoms with van der Waals surface area (Å²) in [5.74, 6) is 0.691. The van der Waals surface area contributed by atoms with Crippen LogP contribution in [0.5, 0.6) is 0 Å². The summed E-state index contributed by atoms with van der Waals surface area (Å²) in [5, 5.41) is 3.76. The van der Waals surface area contributed by atoms with E-state index in [1.54, 1.807) is 6.07 Å². The van der Waals surface area contributed by atoms with Crippen molar-refractivity contribution in [1.82, 2.24) is 10.2 Å². The fourth-order valence-corrected chi connectivity index (χ4v) is 3.46. The van der Waals surface area contributed by atoms with Crippen LogP contribution in [-0.2, 0) is 6.54 Å². The van der Waals surface area contributed by atoms with Gasteiger partial charge in [-0.3, -0.25) is 4.90 Å². The summed E-state index contributed by atoms with van der Waals surface area (Å²) in [6.45, 7) is 7.66. The fourth-order valence-electron chi connectivity index (χ4n) is 3.46. The Hall–Kier alpha value is -0.930. The number of hydrogen-bond donors (Lipinski definition) is 1. The van der Waals surface area contributed by atoms with Gasteiger partial charge in [-0.1, -0.05) is 12.1 Å². The molecule has 2 fully saturated rings.